The van der Waals surface area contributed by atoms with Gasteiger partial charge in [-0.3, -0.25) is 9.69 Å². The topological polar surface area (TPSA) is 20.3 Å². The Hall–Kier alpha value is -1.33. The van der Waals surface area contributed by atoms with E-state index in [4.69, 9.17) is 35.4 Å². The van der Waals surface area contributed by atoms with Crippen LogP contribution in [0.4, 0.5) is 5.69 Å². The first-order valence-electron chi connectivity index (χ1n) is 7.17. The van der Waals surface area contributed by atoms with Crippen LogP contribution in [0.25, 0.3) is 6.08 Å². The fourth-order valence-corrected chi connectivity index (χ4v) is 3.98. The summed E-state index contributed by atoms with van der Waals surface area (Å²) in [5.74, 6) is -0.149. The van der Waals surface area contributed by atoms with Crippen molar-refractivity contribution in [2.75, 3.05) is 4.90 Å². The third-order valence-corrected chi connectivity index (χ3v) is 5.95. The zero-order valence-corrected chi connectivity index (χ0v) is 16.1. The number of benzene rings is 2. The molecule has 1 amide bonds. The van der Waals surface area contributed by atoms with Crippen LogP contribution in [-0.4, -0.2) is 10.2 Å². The fraction of sp³-hybridized carbons (Fsp3) is 0.111. The van der Waals surface area contributed by atoms with Crippen molar-refractivity contribution < 1.29 is 4.79 Å². The first-order chi connectivity index (χ1) is 11.4. The largest absolute Gasteiger partial charge is 0.270 e. The summed E-state index contributed by atoms with van der Waals surface area (Å²) >= 11 is 18.9. The van der Waals surface area contributed by atoms with Gasteiger partial charge in [0.2, 0.25) is 0 Å². The summed E-state index contributed by atoms with van der Waals surface area (Å²) in [5, 5.41) is 0.880. The number of rotatable bonds is 2. The number of anilines is 1. The zero-order chi connectivity index (χ0) is 17.4. The molecule has 0 bridgehead atoms. The van der Waals surface area contributed by atoms with Gasteiger partial charge in [-0.25, -0.2) is 0 Å². The van der Waals surface area contributed by atoms with E-state index in [9.17, 15) is 4.79 Å². The molecule has 1 aliphatic rings. The molecule has 0 spiro atoms. The van der Waals surface area contributed by atoms with Gasteiger partial charge in [-0.15, -0.1) is 0 Å². The molecule has 6 heteroatoms. The second-order valence-electron chi connectivity index (χ2n) is 5.43. The van der Waals surface area contributed by atoms with E-state index in [2.05, 4.69) is 0 Å². The lowest BCUT2D eigenvalue weighted by molar-refractivity contribution is -0.113. The van der Waals surface area contributed by atoms with Crippen LogP contribution < -0.4 is 4.90 Å². The lowest BCUT2D eigenvalue weighted by Gasteiger charge is -2.15. The minimum absolute atomic E-state index is 0.149. The second-order valence-corrected chi connectivity index (χ2v) is 7.89. The van der Waals surface area contributed by atoms with Crippen LogP contribution in [0.2, 0.25) is 10.0 Å². The molecule has 1 heterocycles. The number of carbonyl (C=O) groups is 1. The number of halogens is 2. The van der Waals surface area contributed by atoms with Gasteiger partial charge in [0, 0.05) is 0 Å². The van der Waals surface area contributed by atoms with Crippen LogP contribution in [0.1, 0.15) is 16.7 Å². The van der Waals surface area contributed by atoms with Gasteiger partial charge in [0.1, 0.15) is 0 Å². The van der Waals surface area contributed by atoms with Gasteiger partial charge in [-0.2, -0.15) is 0 Å². The molecule has 1 fully saturated rings. The molecule has 0 radical (unpaired) electrons. The summed E-state index contributed by atoms with van der Waals surface area (Å²) in [4.78, 5) is 14.9. The summed E-state index contributed by atoms with van der Waals surface area (Å²) in [7, 11) is 0. The minimum Gasteiger partial charge on any atom is -0.268 e. The van der Waals surface area contributed by atoms with Gasteiger partial charge >= 0.3 is 0 Å². The lowest BCUT2D eigenvalue weighted by atomic mass is 10.1. The van der Waals surface area contributed by atoms with E-state index >= 15 is 0 Å². The predicted octanol–water partition coefficient (Wildman–Crippen LogP) is 6.02. The van der Waals surface area contributed by atoms with Crippen LogP contribution in [-0.2, 0) is 4.79 Å². The van der Waals surface area contributed by atoms with Crippen LogP contribution in [0.5, 0.6) is 0 Å². The maximum Gasteiger partial charge on any atom is 0.270 e. The Morgan fingerprint density at radius 2 is 1.88 bits per heavy atom. The quantitative estimate of drug-likeness (QED) is 0.459. The van der Waals surface area contributed by atoms with Gasteiger partial charge in [0.05, 0.1) is 20.6 Å². The van der Waals surface area contributed by atoms with Crippen molar-refractivity contribution in [1.82, 2.24) is 0 Å². The summed E-state index contributed by atoms with van der Waals surface area (Å²) in [5.41, 5.74) is 3.76. The summed E-state index contributed by atoms with van der Waals surface area (Å²) in [6, 6.07) is 11.2. The molecule has 0 saturated carbocycles. The van der Waals surface area contributed by atoms with Gasteiger partial charge in [0.15, 0.2) is 4.32 Å². The highest BCUT2D eigenvalue weighted by Crippen LogP contribution is 2.38. The molecule has 0 N–H and O–H groups in total. The fourth-order valence-electron chi connectivity index (χ4n) is 2.33. The van der Waals surface area contributed by atoms with Crippen molar-refractivity contribution in [3.63, 3.8) is 0 Å². The Morgan fingerprint density at radius 1 is 1.12 bits per heavy atom. The number of nitrogens with zero attached hydrogens (tertiary/aromatic N) is 1. The highest BCUT2D eigenvalue weighted by molar-refractivity contribution is 8.27. The number of aryl methyl sites for hydroxylation is 2. The van der Waals surface area contributed by atoms with E-state index in [0.717, 1.165) is 11.3 Å². The smallest absolute Gasteiger partial charge is 0.268 e. The second kappa shape index (κ2) is 6.89. The summed E-state index contributed by atoms with van der Waals surface area (Å²) in [6.45, 7) is 4.04. The normalized spacial score (nSPS) is 16.3. The standard InChI is InChI=1S/C18H13Cl2NOS2/c1-10-6-7-13(8-11(10)2)21-17(22)15(24-18(21)23)9-12-4-3-5-14(19)16(12)20/h3-9H,1-2H3. The predicted molar refractivity (Wildman–Crippen MR) is 108 cm³/mol. The van der Waals surface area contributed by atoms with E-state index in [1.54, 1.807) is 23.1 Å². The summed E-state index contributed by atoms with van der Waals surface area (Å²) < 4.78 is 0.507. The van der Waals surface area contributed by atoms with E-state index in [1.807, 2.05) is 38.1 Å². The maximum atomic E-state index is 12.8. The van der Waals surface area contributed by atoms with Crippen LogP contribution in [0.15, 0.2) is 41.3 Å². The van der Waals surface area contributed by atoms with Crippen molar-refractivity contribution in [2.24, 2.45) is 0 Å². The van der Waals surface area contributed by atoms with Crippen molar-refractivity contribution in [2.45, 2.75) is 13.8 Å². The minimum atomic E-state index is -0.149. The number of hydrogen-bond acceptors (Lipinski definition) is 3. The van der Waals surface area contributed by atoms with Crippen molar-refractivity contribution >= 4 is 69.2 Å². The Kier molecular flexibility index (Phi) is 5.02. The Labute approximate surface area is 160 Å². The van der Waals surface area contributed by atoms with Crippen LogP contribution in [0, 0.1) is 13.8 Å². The van der Waals surface area contributed by atoms with Gasteiger partial charge < -0.3 is 0 Å². The molecular weight excluding hydrogens is 381 g/mol. The monoisotopic (exact) mass is 393 g/mol. The van der Waals surface area contributed by atoms with E-state index < -0.39 is 0 Å². The molecule has 1 saturated heterocycles. The van der Waals surface area contributed by atoms with E-state index in [-0.39, 0.29) is 5.91 Å². The molecule has 3 rings (SSSR count). The molecular formula is C18H13Cl2NOS2. The molecule has 2 aromatic carbocycles. The van der Waals surface area contributed by atoms with Crippen LogP contribution in [0.3, 0.4) is 0 Å². The first-order valence-corrected chi connectivity index (χ1v) is 9.16. The molecule has 2 nitrogen and oxygen atoms in total. The molecule has 122 valence electrons. The molecule has 0 unspecified atom stereocenters. The lowest BCUT2D eigenvalue weighted by Crippen LogP contribution is -2.27. The molecule has 24 heavy (non-hydrogen) atoms. The molecule has 0 aliphatic carbocycles. The number of carbonyl (C=O) groups excluding carboxylic acids is 1. The summed E-state index contributed by atoms with van der Waals surface area (Å²) in [6.07, 6.45) is 1.73. The van der Waals surface area contributed by atoms with Crippen molar-refractivity contribution in [1.29, 1.82) is 0 Å². The zero-order valence-electron chi connectivity index (χ0n) is 13.0. The third-order valence-electron chi connectivity index (χ3n) is 3.81. The Bertz CT molecular complexity index is 893. The third kappa shape index (κ3) is 3.24. The van der Waals surface area contributed by atoms with Crippen molar-refractivity contribution in [3.8, 4) is 0 Å². The molecule has 0 atom stereocenters. The first kappa shape index (κ1) is 17.5. The van der Waals surface area contributed by atoms with Crippen LogP contribution >= 0.6 is 47.2 Å². The van der Waals surface area contributed by atoms with Gasteiger partial charge in [-0.1, -0.05) is 65.4 Å². The molecule has 2 aromatic rings. The highest BCUT2D eigenvalue weighted by atomic mass is 35.5. The van der Waals surface area contributed by atoms with Gasteiger partial charge in [0.25, 0.3) is 5.91 Å². The highest BCUT2D eigenvalue weighted by Gasteiger charge is 2.33. The average Bonchev–Trinajstić information content (AvgIpc) is 2.81. The molecule has 0 aromatic heterocycles. The SMILES string of the molecule is Cc1ccc(N2C(=O)C(=Cc3cccc(Cl)c3Cl)SC2=S)cc1C. The number of hydrogen-bond donors (Lipinski definition) is 0. The maximum absolute atomic E-state index is 12.8. The number of thioether (sulfide) groups is 1. The Morgan fingerprint density at radius 3 is 2.58 bits per heavy atom. The number of thiocarbonyl (C=S) groups is 1. The van der Waals surface area contributed by atoms with Gasteiger partial charge in [-0.05, 0) is 54.8 Å². The van der Waals surface area contributed by atoms with E-state index in [0.29, 0.717) is 24.8 Å². The van der Waals surface area contributed by atoms with Crippen molar-refractivity contribution in [3.05, 3.63) is 68.0 Å². The number of amides is 1. The Balaban J connectivity index is 1.98. The average molecular weight is 394 g/mol. The van der Waals surface area contributed by atoms with E-state index in [1.165, 1.54) is 17.3 Å². The molecule has 1 aliphatic heterocycles.